The number of nitrogens with zero attached hydrogens (tertiary/aromatic N) is 2. The Morgan fingerprint density at radius 3 is 2.75 bits per heavy atom. The van der Waals surface area contributed by atoms with Crippen molar-refractivity contribution >= 4 is 34.2 Å². The van der Waals surface area contributed by atoms with Gasteiger partial charge in [-0.05, 0) is 30.3 Å². The van der Waals surface area contributed by atoms with Crippen molar-refractivity contribution < 1.29 is 0 Å². The van der Waals surface area contributed by atoms with Crippen LogP contribution < -0.4 is 0 Å². The van der Waals surface area contributed by atoms with Gasteiger partial charge in [-0.15, -0.1) is 6.58 Å². The second kappa shape index (κ2) is 5.31. The molecule has 0 aliphatic carbocycles. The molecule has 100 valence electrons. The zero-order chi connectivity index (χ0) is 14.1. The third-order valence-electron chi connectivity index (χ3n) is 3.14. The van der Waals surface area contributed by atoms with Gasteiger partial charge in [0.05, 0.1) is 16.1 Å². The smallest absolute Gasteiger partial charge is 0.142 e. The molecule has 1 aromatic heterocycles. The Bertz CT molecular complexity index is 790. The Hall–Kier alpha value is -1.77. The summed E-state index contributed by atoms with van der Waals surface area (Å²) in [6.45, 7) is 4.47. The van der Waals surface area contributed by atoms with Crippen LogP contribution in [0, 0.1) is 0 Å². The van der Waals surface area contributed by atoms with E-state index in [4.69, 9.17) is 23.2 Å². The molecule has 0 aliphatic rings. The summed E-state index contributed by atoms with van der Waals surface area (Å²) in [6, 6.07) is 13.4. The van der Waals surface area contributed by atoms with E-state index >= 15 is 0 Å². The number of halogens is 2. The van der Waals surface area contributed by atoms with Crippen LogP contribution in [-0.2, 0) is 6.54 Å². The van der Waals surface area contributed by atoms with Crippen molar-refractivity contribution in [1.82, 2.24) is 9.55 Å². The molecule has 0 aliphatic heterocycles. The minimum Gasteiger partial charge on any atom is -0.320 e. The monoisotopic (exact) mass is 302 g/mol. The van der Waals surface area contributed by atoms with Crippen LogP contribution in [0.1, 0.15) is 0 Å². The molecular weight excluding hydrogens is 291 g/mol. The van der Waals surface area contributed by atoms with Gasteiger partial charge in [0.2, 0.25) is 0 Å². The minimum absolute atomic E-state index is 0.634. The molecule has 0 N–H and O–H groups in total. The van der Waals surface area contributed by atoms with Gasteiger partial charge in [0, 0.05) is 17.1 Å². The van der Waals surface area contributed by atoms with Gasteiger partial charge in [0.25, 0.3) is 0 Å². The van der Waals surface area contributed by atoms with Crippen LogP contribution in [0.15, 0.2) is 55.1 Å². The quantitative estimate of drug-likeness (QED) is 0.608. The van der Waals surface area contributed by atoms with Crippen LogP contribution in [-0.4, -0.2) is 9.55 Å². The minimum atomic E-state index is 0.634. The highest BCUT2D eigenvalue weighted by molar-refractivity contribution is 6.35. The van der Waals surface area contributed by atoms with E-state index in [9.17, 15) is 0 Å². The normalized spacial score (nSPS) is 10.9. The summed E-state index contributed by atoms with van der Waals surface area (Å²) in [4.78, 5) is 4.68. The average Bonchev–Trinajstić information content (AvgIpc) is 2.81. The summed E-state index contributed by atoms with van der Waals surface area (Å²) in [5.41, 5.74) is 2.82. The maximum absolute atomic E-state index is 6.29. The molecule has 2 nitrogen and oxygen atoms in total. The Morgan fingerprint density at radius 1 is 1.15 bits per heavy atom. The van der Waals surface area contributed by atoms with Crippen LogP contribution >= 0.6 is 23.2 Å². The van der Waals surface area contributed by atoms with E-state index in [1.807, 2.05) is 36.4 Å². The molecule has 0 atom stereocenters. The Labute approximate surface area is 127 Å². The first kappa shape index (κ1) is 13.2. The number of benzene rings is 2. The van der Waals surface area contributed by atoms with E-state index in [-0.39, 0.29) is 0 Å². The first-order valence-corrected chi connectivity index (χ1v) is 6.98. The number of rotatable bonds is 3. The largest absolute Gasteiger partial charge is 0.320 e. The summed E-state index contributed by atoms with van der Waals surface area (Å²) in [5.74, 6) is 0.804. The molecule has 0 saturated heterocycles. The number of hydrogen-bond acceptors (Lipinski definition) is 1. The van der Waals surface area contributed by atoms with E-state index in [0.29, 0.717) is 16.6 Å². The van der Waals surface area contributed by atoms with Crippen molar-refractivity contribution in [2.24, 2.45) is 0 Å². The highest BCUT2D eigenvalue weighted by Gasteiger charge is 2.14. The summed E-state index contributed by atoms with van der Waals surface area (Å²) in [5, 5.41) is 1.27. The fourth-order valence-electron chi connectivity index (χ4n) is 2.26. The second-order valence-electron chi connectivity index (χ2n) is 4.45. The summed E-state index contributed by atoms with van der Waals surface area (Å²) in [7, 11) is 0. The molecule has 0 saturated carbocycles. The molecule has 0 fully saturated rings. The lowest BCUT2D eigenvalue weighted by Gasteiger charge is -2.08. The fourth-order valence-corrected chi connectivity index (χ4v) is 2.64. The third-order valence-corrected chi connectivity index (χ3v) is 3.70. The standard InChI is InChI=1S/C16H12Cl2N2/c1-2-9-20-15-6-4-3-5-14(15)19-16(20)12-10-11(17)7-8-13(12)18/h2-8,10H,1,9H2. The number of para-hydroxylation sites is 2. The summed E-state index contributed by atoms with van der Waals surface area (Å²) >= 11 is 12.4. The average molecular weight is 303 g/mol. The van der Waals surface area contributed by atoms with Crippen molar-refractivity contribution in [2.45, 2.75) is 6.54 Å². The van der Waals surface area contributed by atoms with Crippen molar-refractivity contribution in [2.75, 3.05) is 0 Å². The first-order chi connectivity index (χ1) is 9.70. The molecule has 20 heavy (non-hydrogen) atoms. The maximum Gasteiger partial charge on any atom is 0.142 e. The molecule has 0 spiro atoms. The van der Waals surface area contributed by atoms with Crippen LogP contribution in [0.25, 0.3) is 22.4 Å². The van der Waals surface area contributed by atoms with E-state index in [2.05, 4.69) is 16.1 Å². The van der Waals surface area contributed by atoms with Crippen molar-refractivity contribution in [3.05, 3.63) is 65.2 Å². The highest BCUT2D eigenvalue weighted by atomic mass is 35.5. The van der Waals surface area contributed by atoms with Crippen LogP contribution in [0.2, 0.25) is 10.0 Å². The van der Waals surface area contributed by atoms with Gasteiger partial charge in [-0.25, -0.2) is 4.98 Å². The lowest BCUT2D eigenvalue weighted by Crippen LogP contribution is -1.98. The Morgan fingerprint density at radius 2 is 1.95 bits per heavy atom. The summed E-state index contributed by atoms with van der Waals surface area (Å²) < 4.78 is 2.08. The molecule has 4 heteroatoms. The van der Waals surface area contributed by atoms with Gasteiger partial charge in [-0.1, -0.05) is 41.4 Å². The number of imidazole rings is 1. The summed E-state index contributed by atoms with van der Waals surface area (Å²) in [6.07, 6.45) is 1.84. The van der Waals surface area contributed by atoms with Gasteiger partial charge in [-0.3, -0.25) is 0 Å². The predicted octanol–water partition coefficient (Wildman–Crippen LogP) is 5.20. The van der Waals surface area contributed by atoms with Crippen molar-refractivity contribution in [3.8, 4) is 11.4 Å². The van der Waals surface area contributed by atoms with Gasteiger partial charge in [0.15, 0.2) is 0 Å². The van der Waals surface area contributed by atoms with Crippen LogP contribution in [0.3, 0.4) is 0 Å². The molecule has 0 amide bonds. The predicted molar refractivity (Wildman–Crippen MR) is 85.4 cm³/mol. The third kappa shape index (κ3) is 2.21. The van der Waals surface area contributed by atoms with Gasteiger partial charge < -0.3 is 4.57 Å². The molecule has 0 radical (unpaired) electrons. The number of aromatic nitrogens is 2. The molecule has 3 rings (SSSR count). The number of hydrogen-bond donors (Lipinski definition) is 0. The Balaban J connectivity index is 2.32. The maximum atomic E-state index is 6.29. The molecular formula is C16H12Cl2N2. The van der Waals surface area contributed by atoms with E-state index in [1.54, 1.807) is 12.1 Å². The molecule has 3 aromatic rings. The van der Waals surface area contributed by atoms with E-state index in [1.165, 1.54) is 0 Å². The Kier molecular flexibility index (Phi) is 3.51. The molecule has 0 bridgehead atoms. The van der Waals surface area contributed by atoms with E-state index in [0.717, 1.165) is 22.4 Å². The van der Waals surface area contributed by atoms with Crippen molar-refractivity contribution in [1.29, 1.82) is 0 Å². The zero-order valence-electron chi connectivity index (χ0n) is 10.7. The van der Waals surface area contributed by atoms with Gasteiger partial charge in [-0.2, -0.15) is 0 Å². The van der Waals surface area contributed by atoms with Crippen LogP contribution in [0.4, 0.5) is 0 Å². The lowest BCUT2D eigenvalue weighted by molar-refractivity contribution is 0.862. The lowest BCUT2D eigenvalue weighted by atomic mass is 10.2. The highest BCUT2D eigenvalue weighted by Crippen LogP contribution is 2.32. The zero-order valence-corrected chi connectivity index (χ0v) is 12.2. The molecule has 2 aromatic carbocycles. The van der Waals surface area contributed by atoms with Gasteiger partial charge in [0.1, 0.15) is 5.82 Å². The molecule has 1 heterocycles. The topological polar surface area (TPSA) is 17.8 Å². The first-order valence-electron chi connectivity index (χ1n) is 6.22. The van der Waals surface area contributed by atoms with Crippen molar-refractivity contribution in [3.63, 3.8) is 0 Å². The SMILES string of the molecule is C=CCn1c(-c2cc(Cl)ccc2Cl)nc2ccccc21. The number of fused-ring (bicyclic) bond motifs is 1. The second-order valence-corrected chi connectivity index (χ2v) is 5.29. The van der Waals surface area contributed by atoms with Gasteiger partial charge >= 0.3 is 0 Å². The van der Waals surface area contributed by atoms with E-state index < -0.39 is 0 Å². The van der Waals surface area contributed by atoms with Crippen LogP contribution in [0.5, 0.6) is 0 Å². The fraction of sp³-hybridized carbons (Fsp3) is 0.0625. The molecule has 0 unspecified atom stereocenters. The number of allylic oxidation sites excluding steroid dienone is 1.